The van der Waals surface area contributed by atoms with Crippen LogP contribution in [0.5, 0.6) is 0 Å². The maximum absolute atomic E-state index is 12.2. The first-order chi connectivity index (χ1) is 9.01. The number of aryl methyl sites for hydroxylation is 1. The van der Waals surface area contributed by atoms with Gasteiger partial charge >= 0.3 is 5.97 Å². The molecular weight excluding hydrogens is 244 g/mol. The number of anilines is 1. The Morgan fingerprint density at radius 3 is 2.32 bits per heavy atom. The molecule has 2 N–H and O–H groups in total. The molecule has 0 aliphatic heterocycles. The quantitative estimate of drug-likeness (QED) is 0.641. The van der Waals surface area contributed by atoms with E-state index in [1.54, 1.807) is 6.92 Å². The van der Waals surface area contributed by atoms with Crippen LogP contribution in [0.3, 0.4) is 0 Å². The Morgan fingerprint density at radius 1 is 1.26 bits per heavy atom. The zero-order valence-electron chi connectivity index (χ0n) is 11.6. The molecule has 0 bridgehead atoms. The van der Waals surface area contributed by atoms with E-state index in [0.717, 1.165) is 11.3 Å². The van der Waals surface area contributed by atoms with Gasteiger partial charge in [-0.1, -0.05) is 17.7 Å². The van der Waals surface area contributed by atoms with Crippen molar-refractivity contribution in [3.8, 4) is 0 Å². The largest absolute Gasteiger partial charge is 0.464 e. The summed E-state index contributed by atoms with van der Waals surface area (Å²) >= 11 is 0. The standard InChI is InChI=1S/C14H20N2O3/c1-4-16(11-8-6-10(3)7-9-11)13(17)12(15)14(18)19-5-2/h6-9,12H,4-5,15H2,1-3H3. The molecule has 0 aliphatic carbocycles. The summed E-state index contributed by atoms with van der Waals surface area (Å²) in [5.41, 5.74) is 7.44. The third kappa shape index (κ3) is 3.79. The van der Waals surface area contributed by atoms with Gasteiger partial charge in [0.15, 0.2) is 6.04 Å². The Bertz CT molecular complexity index is 443. The average molecular weight is 264 g/mol. The lowest BCUT2D eigenvalue weighted by Crippen LogP contribution is -2.49. The molecule has 0 aliphatic rings. The van der Waals surface area contributed by atoms with E-state index in [0.29, 0.717) is 6.54 Å². The van der Waals surface area contributed by atoms with Crippen molar-refractivity contribution in [2.45, 2.75) is 26.8 Å². The SMILES string of the molecule is CCOC(=O)C(N)C(=O)N(CC)c1ccc(C)cc1. The van der Waals surface area contributed by atoms with Crippen LogP contribution >= 0.6 is 0 Å². The van der Waals surface area contributed by atoms with Crippen molar-refractivity contribution in [3.63, 3.8) is 0 Å². The van der Waals surface area contributed by atoms with E-state index in [2.05, 4.69) is 0 Å². The highest BCUT2D eigenvalue weighted by molar-refractivity contribution is 6.09. The number of hydrogen-bond donors (Lipinski definition) is 1. The van der Waals surface area contributed by atoms with Gasteiger partial charge in [0, 0.05) is 12.2 Å². The highest BCUT2D eigenvalue weighted by Crippen LogP contribution is 2.15. The summed E-state index contributed by atoms with van der Waals surface area (Å²) in [5.74, 6) is -1.15. The normalized spacial score (nSPS) is 11.8. The lowest BCUT2D eigenvalue weighted by molar-refractivity contribution is -0.147. The Balaban J connectivity index is 2.87. The van der Waals surface area contributed by atoms with E-state index >= 15 is 0 Å². The number of nitrogens with zero attached hydrogens (tertiary/aromatic N) is 1. The summed E-state index contributed by atoms with van der Waals surface area (Å²) in [5, 5.41) is 0. The smallest absolute Gasteiger partial charge is 0.332 e. The van der Waals surface area contributed by atoms with Crippen LogP contribution in [-0.4, -0.2) is 31.1 Å². The first-order valence-corrected chi connectivity index (χ1v) is 6.31. The highest BCUT2D eigenvalue weighted by atomic mass is 16.5. The molecule has 0 heterocycles. The third-order valence-corrected chi connectivity index (χ3v) is 2.73. The van der Waals surface area contributed by atoms with Gasteiger partial charge in [0.05, 0.1) is 6.61 Å². The maximum Gasteiger partial charge on any atom is 0.332 e. The Morgan fingerprint density at radius 2 is 1.84 bits per heavy atom. The molecule has 1 aromatic carbocycles. The van der Waals surface area contributed by atoms with Gasteiger partial charge in [-0.2, -0.15) is 0 Å². The van der Waals surface area contributed by atoms with Gasteiger partial charge in [0.1, 0.15) is 0 Å². The molecule has 0 saturated heterocycles. The van der Waals surface area contributed by atoms with Gasteiger partial charge < -0.3 is 15.4 Å². The molecule has 5 heteroatoms. The second-order valence-corrected chi connectivity index (χ2v) is 4.15. The number of esters is 1. The Labute approximate surface area is 113 Å². The van der Waals surface area contributed by atoms with Crippen molar-refractivity contribution >= 4 is 17.6 Å². The van der Waals surface area contributed by atoms with Crippen molar-refractivity contribution in [3.05, 3.63) is 29.8 Å². The molecule has 1 amide bonds. The summed E-state index contributed by atoms with van der Waals surface area (Å²) in [7, 11) is 0. The molecule has 0 aromatic heterocycles. The maximum atomic E-state index is 12.2. The van der Waals surface area contributed by atoms with E-state index in [4.69, 9.17) is 10.5 Å². The molecule has 19 heavy (non-hydrogen) atoms. The van der Waals surface area contributed by atoms with Gasteiger partial charge in [-0.15, -0.1) is 0 Å². The van der Waals surface area contributed by atoms with Crippen molar-refractivity contribution in [1.29, 1.82) is 0 Å². The van der Waals surface area contributed by atoms with Gasteiger partial charge in [-0.05, 0) is 32.9 Å². The predicted octanol–water partition coefficient (Wildman–Crippen LogP) is 1.24. The van der Waals surface area contributed by atoms with Crippen LogP contribution in [0.2, 0.25) is 0 Å². The number of hydrogen-bond acceptors (Lipinski definition) is 4. The minimum absolute atomic E-state index is 0.205. The molecule has 1 rings (SSSR count). The fourth-order valence-corrected chi connectivity index (χ4v) is 1.69. The minimum atomic E-state index is -1.28. The molecule has 0 saturated carbocycles. The molecule has 1 atom stereocenters. The Kier molecular flexibility index (Phi) is 5.51. The number of ether oxygens (including phenoxy) is 1. The number of amides is 1. The lowest BCUT2D eigenvalue weighted by Gasteiger charge is -2.23. The van der Waals surface area contributed by atoms with Crippen LogP contribution in [-0.2, 0) is 14.3 Å². The zero-order valence-corrected chi connectivity index (χ0v) is 11.6. The number of carbonyl (C=O) groups is 2. The van der Waals surface area contributed by atoms with E-state index in [1.165, 1.54) is 4.90 Å². The van der Waals surface area contributed by atoms with E-state index < -0.39 is 17.9 Å². The summed E-state index contributed by atoms with van der Waals surface area (Å²) in [4.78, 5) is 25.1. The van der Waals surface area contributed by atoms with Crippen molar-refractivity contribution in [2.75, 3.05) is 18.1 Å². The van der Waals surface area contributed by atoms with Crippen LogP contribution < -0.4 is 10.6 Å². The van der Waals surface area contributed by atoms with Crippen LogP contribution in [0, 0.1) is 6.92 Å². The molecule has 5 nitrogen and oxygen atoms in total. The number of nitrogens with two attached hydrogens (primary N) is 1. The van der Waals surface area contributed by atoms with Gasteiger partial charge in [-0.3, -0.25) is 4.79 Å². The number of carbonyl (C=O) groups excluding carboxylic acids is 2. The second kappa shape index (κ2) is 6.89. The molecule has 1 unspecified atom stereocenters. The Hall–Kier alpha value is -1.88. The van der Waals surface area contributed by atoms with Crippen LogP contribution in [0.15, 0.2) is 24.3 Å². The molecule has 0 radical (unpaired) electrons. The van der Waals surface area contributed by atoms with Crippen molar-refractivity contribution in [2.24, 2.45) is 5.73 Å². The van der Waals surface area contributed by atoms with Crippen LogP contribution in [0.4, 0.5) is 5.69 Å². The van der Waals surface area contributed by atoms with Gasteiger partial charge in [-0.25, -0.2) is 4.79 Å². The topological polar surface area (TPSA) is 72.6 Å². The third-order valence-electron chi connectivity index (χ3n) is 2.73. The second-order valence-electron chi connectivity index (χ2n) is 4.15. The van der Waals surface area contributed by atoms with Crippen LogP contribution in [0.25, 0.3) is 0 Å². The fourth-order valence-electron chi connectivity index (χ4n) is 1.69. The van der Waals surface area contributed by atoms with Crippen LogP contribution in [0.1, 0.15) is 19.4 Å². The summed E-state index contributed by atoms with van der Waals surface area (Å²) < 4.78 is 4.76. The summed E-state index contributed by atoms with van der Waals surface area (Å²) in [6, 6.07) is 6.19. The molecule has 0 fully saturated rings. The molecule has 104 valence electrons. The number of benzene rings is 1. The molecular formula is C14H20N2O3. The number of likely N-dealkylation sites (N-methyl/N-ethyl adjacent to an activating group) is 1. The summed E-state index contributed by atoms with van der Waals surface area (Å²) in [6.07, 6.45) is 0. The fraction of sp³-hybridized carbons (Fsp3) is 0.429. The average Bonchev–Trinajstić information content (AvgIpc) is 2.41. The van der Waals surface area contributed by atoms with Crippen molar-refractivity contribution in [1.82, 2.24) is 0 Å². The lowest BCUT2D eigenvalue weighted by atomic mass is 10.2. The minimum Gasteiger partial charge on any atom is -0.464 e. The van der Waals surface area contributed by atoms with Gasteiger partial charge in [0.2, 0.25) is 0 Å². The monoisotopic (exact) mass is 264 g/mol. The summed E-state index contributed by atoms with van der Waals surface area (Å²) in [6.45, 7) is 6.11. The molecule has 0 spiro atoms. The van der Waals surface area contributed by atoms with E-state index in [1.807, 2.05) is 38.1 Å². The first-order valence-electron chi connectivity index (χ1n) is 6.31. The highest BCUT2D eigenvalue weighted by Gasteiger charge is 2.28. The van der Waals surface area contributed by atoms with Crippen molar-refractivity contribution < 1.29 is 14.3 Å². The molecule has 1 aromatic rings. The predicted molar refractivity (Wildman–Crippen MR) is 73.8 cm³/mol. The zero-order chi connectivity index (χ0) is 14.4. The van der Waals surface area contributed by atoms with E-state index in [-0.39, 0.29) is 6.61 Å². The van der Waals surface area contributed by atoms with E-state index in [9.17, 15) is 9.59 Å². The first kappa shape index (κ1) is 15.2. The van der Waals surface area contributed by atoms with Gasteiger partial charge in [0.25, 0.3) is 5.91 Å². The number of rotatable bonds is 5.